The fourth-order valence-corrected chi connectivity index (χ4v) is 1.90. The van der Waals surface area contributed by atoms with E-state index in [4.69, 9.17) is 4.74 Å². The number of ether oxygens (including phenoxy) is 1. The van der Waals surface area contributed by atoms with Crippen LogP contribution in [0, 0.1) is 5.92 Å². The van der Waals surface area contributed by atoms with Crippen molar-refractivity contribution in [3.05, 3.63) is 18.2 Å². The van der Waals surface area contributed by atoms with E-state index in [0.29, 0.717) is 6.54 Å². The zero-order valence-electron chi connectivity index (χ0n) is 12.7. The molecule has 1 aromatic heterocycles. The second kappa shape index (κ2) is 6.19. The van der Waals surface area contributed by atoms with Gasteiger partial charge in [0.25, 0.3) is 0 Å². The SMILES string of the molecule is COC(=O)C(C(C)C)n1cncc1CNC(C)(C)C. The number of imidazole rings is 1. The zero-order valence-corrected chi connectivity index (χ0v) is 12.7. The van der Waals surface area contributed by atoms with Gasteiger partial charge in [-0.05, 0) is 26.7 Å². The number of methoxy groups -OCH3 is 1. The summed E-state index contributed by atoms with van der Waals surface area (Å²) in [7, 11) is 1.42. The van der Waals surface area contributed by atoms with Crippen molar-refractivity contribution in [2.75, 3.05) is 7.11 Å². The van der Waals surface area contributed by atoms with E-state index in [1.54, 1.807) is 12.5 Å². The van der Waals surface area contributed by atoms with Crippen LogP contribution in [0.5, 0.6) is 0 Å². The molecule has 1 unspecified atom stereocenters. The van der Waals surface area contributed by atoms with Crippen LogP contribution < -0.4 is 5.32 Å². The van der Waals surface area contributed by atoms with Crippen molar-refractivity contribution in [3.63, 3.8) is 0 Å². The van der Waals surface area contributed by atoms with Crippen molar-refractivity contribution < 1.29 is 9.53 Å². The van der Waals surface area contributed by atoms with E-state index in [2.05, 4.69) is 31.1 Å². The first-order valence-corrected chi connectivity index (χ1v) is 6.60. The lowest BCUT2D eigenvalue weighted by atomic mass is 10.0. The van der Waals surface area contributed by atoms with E-state index >= 15 is 0 Å². The van der Waals surface area contributed by atoms with Crippen LogP contribution in [0.1, 0.15) is 46.4 Å². The highest BCUT2D eigenvalue weighted by Crippen LogP contribution is 2.21. The molecule has 0 saturated carbocycles. The molecule has 0 bridgehead atoms. The predicted molar refractivity (Wildman–Crippen MR) is 74.7 cm³/mol. The average molecular weight is 267 g/mol. The van der Waals surface area contributed by atoms with Gasteiger partial charge in [-0.25, -0.2) is 9.78 Å². The molecule has 0 spiro atoms. The van der Waals surface area contributed by atoms with Gasteiger partial charge in [-0.1, -0.05) is 13.8 Å². The second-order valence-electron chi connectivity index (χ2n) is 6.11. The van der Waals surface area contributed by atoms with Gasteiger partial charge in [0.1, 0.15) is 6.04 Å². The number of hydrogen-bond acceptors (Lipinski definition) is 4. The molecule has 0 saturated heterocycles. The monoisotopic (exact) mass is 267 g/mol. The van der Waals surface area contributed by atoms with Gasteiger partial charge >= 0.3 is 5.97 Å². The summed E-state index contributed by atoms with van der Waals surface area (Å²) in [6.45, 7) is 11.0. The van der Waals surface area contributed by atoms with Gasteiger partial charge in [0.15, 0.2) is 0 Å². The summed E-state index contributed by atoms with van der Waals surface area (Å²) in [4.78, 5) is 16.1. The summed E-state index contributed by atoms with van der Waals surface area (Å²) in [5.74, 6) is -0.0833. The van der Waals surface area contributed by atoms with Crippen LogP contribution >= 0.6 is 0 Å². The number of esters is 1. The first-order valence-electron chi connectivity index (χ1n) is 6.60. The molecule has 108 valence electrons. The molecule has 0 aliphatic heterocycles. The third-order valence-electron chi connectivity index (χ3n) is 2.92. The summed E-state index contributed by atoms with van der Waals surface area (Å²) in [6, 6.07) is -0.329. The van der Waals surface area contributed by atoms with Gasteiger partial charge in [0, 0.05) is 18.3 Å². The molecule has 1 rings (SSSR count). The van der Waals surface area contributed by atoms with E-state index in [0.717, 1.165) is 5.69 Å². The highest BCUT2D eigenvalue weighted by Gasteiger charge is 2.26. The molecule has 1 N–H and O–H groups in total. The Kier molecular flexibility index (Phi) is 5.11. The molecule has 0 aliphatic rings. The van der Waals surface area contributed by atoms with Crippen LogP contribution in [-0.4, -0.2) is 28.2 Å². The summed E-state index contributed by atoms with van der Waals surface area (Å²) >= 11 is 0. The first-order chi connectivity index (χ1) is 8.76. The Morgan fingerprint density at radius 3 is 2.58 bits per heavy atom. The third kappa shape index (κ3) is 4.35. The maximum absolute atomic E-state index is 11.9. The van der Waals surface area contributed by atoms with Crippen molar-refractivity contribution in [1.82, 2.24) is 14.9 Å². The number of carbonyl (C=O) groups is 1. The minimum Gasteiger partial charge on any atom is -0.467 e. The third-order valence-corrected chi connectivity index (χ3v) is 2.92. The number of carbonyl (C=O) groups excluding carboxylic acids is 1. The zero-order chi connectivity index (χ0) is 14.6. The lowest BCUT2D eigenvalue weighted by molar-refractivity contribution is -0.146. The van der Waals surface area contributed by atoms with Crippen LogP contribution in [0.15, 0.2) is 12.5 Å². The summed E-state index contributed by atoms with van der Waals surface area (Å²) in [5.41, 5.74) is 1.01. The summed E-state index contributed by atoms with van der Waals surface area (Å²) < 4.78 is 6.79. The molecular formula is C14H25N3O2. The van der Waals surface area contributed by atoms with Crippen LogP contribution in [0.3, 0.4) is 0 Å². The van der Waals surface area contributed by atoms with Crippen LogP contribution in [0.2, 0.25) is 0 Å². The highest BCUT2D eigenvalue weighted by molar-refractivity contribution is 5.74. The lowest BCUT2D eigenvalue weighted by Gasteiger charge is -2.24. The maximum Gasteiger partial charge on any atom is 0.329 e. The van der Waals surface area contributed by atoms with Gasteiger partial charge in [0.05, 0.1) is 19.1 Å². The van der Waals surface area contributed by atoms with E-state index in [1.807, 2.05) is 18.4 Å². The van der Waals surface area contributed by atoms with E-state index in [9.17, 15) is 4.79 Å². The van der Waals surface area contributed by atoms with E-state index < -0.39 is 0 Å². The molecular weight excluding hydrogens is 242 g/mol. The number of rotatable bonds is 5. The van der Waals surface area contributed by atoms with E-state index in [1.165, 1.54) is 7.11 Å². The standard InChI is InChI=1S/C14H25N3O2/c1-10(2)12(13(18)19-6)17-9-15-7-11(17)8-16-14(3,4)5/h7,9-10,12,16H,8H2,1-6H3. The molecule has 0 aliphatic carbocycles. The number of nitrogens with one attached hydrogen (secondary N) is 1. The van der Waals surface area contributed by atoms with Crippen molar-refractivity contribution in [1.29, 1.82) is 0 Å². The van der Waals surface area contributed by atoms with Crippen molar-refractivity contribution in [3.8, 4) is 0 Å². The Hall–Kier alpha value is -1.36. The molecule has 0 aromatic carbocycles. The highest BCUT2D eigenvalue weighted by atomic mass is 16.5. The van der Waals surface area contributed by atoms with Gasteiger partial charge in [-0.15, -0.1) is 0 Å². The van der Waals surface area contributed by atoms with Crippen molar-refractivity contribution >= 4 is 5.97 Å². The maximum atomic E-state index is 11.9. The number of nitrogens with zero attached hydrogens (tertiary/aromatic N) is 2. The second-order valence-corrected chi connectivity index (χ2v) is 6.11. The first kappa shape index (κ1) is 15.7. The minimum atomic E-state index is -0.329. The van der Waals surface area contributed by atoms with Crippen LogP contribution in [0.4, 0.5) is 0 Å². The predicted octanol–water partition coefficient (Wildman–Crippen LogP) is 2.14. The fourth-order valence-electron chi connectivity index (χ4n) is 1.90. The van der Waals surface area contributed by atoms with E-state index in [-0.39, 0.29) is 23.5 Å². The normalized spacial score (nSPS) is 13.6. The molecule has 0 amide bonds. The van der Waals surface area contributed by atoms with Gasteiger partial charge < -0.3 is 14.6 Å². The van der Waals surface area contributed by atoms with Crippen molar-refractivity contribution in [2.24, 2.45) is 5.92 Å². The van der Waals surface area contributed by atoms with Gasteiger partial charge in [0.2, 0.25) is 0 Å². The average Bonchev–Trinajstić information content (AvgIpc) is 2.73. The molecule has 0 fully saturated rings. The molecule has 5 heteroatoms. The Morgan fingerprint density at radius 2 is 2.11 bits per heavy atom. The largest absolute Gasteiger partial charge is 0.467 e. The number of aromatic nitrogens is 2. The number of hydrogen-bond donors (Lipinski definition) is 1. The van der Waals surface area contributed by atoms with Crippen LogP contribution in [-0.2, 0) is 16.1 Å². The fraction of sp³-hybridized carbons (Fsp3) is 0.714. The molecule has 5 nitrogen and oxygen atoms in total. The van der Waals surface area contributed by atoms with Crippen molar-refractivity contribution in [2.45, 2.75) is 52.7 Å². The molecule has 1 atom stereocenters. The Balaban J connectivity index is 2.93. The lowest BCUT2D eigenvalue weighted by Crippen LogP contribution is -2.36. The molecule has 19 heavy (non-hydrogen) atoms. The quantitative estimate of drug-likeness (QED) is 0.830. The van der Waals surface area contributed by atoms with Gasteiger partial charge in [-0.3, -0.25) is 0 Å². The van der Waals surface area contributed by atoms with Gasteiger partial charge in [-0.2, -0.15) is 0 Å². The topological polar surface area (TPSA) is 56.2 Å². The Morgan fingerprint density at radius 1 is 1.47 bits per heavy atom. The smallest absolute Gasteiger partial charge is 0.329 e. The molecule has 1 aromatic rings. The van der Waals surface area contributed by atoms with Crippen LogP contribution in [0.25, 0.3) is 0 Å². The minimum absolute atomic E-state index is 0.0215. The Labute approximate surface area is 115 Å². The summed E-state index contributed by atoms with van der Waals surface area (Å²) in [5, 5.41) is 3.40. The molecule has 1 heterocycles. The summed E-state index contributed by atoms with van der Waals surface area (Å²) in [6.07, 6.45) is 3.48. The molecule has 0 radical (unpaired) electrons. The Bertz CT molecular complexity index is 419.